The lowest BCUT2D eigenvalue weighted by molar-refractivity contribution is -0.188. The van der Waals surface area contributed by atoms with E-state index in [4.69, 9.17) is 9.47 Å². The van der Waals surface area contributed by atoms with Crippen LogP contribution in [0.25, 0.3) is 0 Å². The summed E-state index contributed by atoms with van der Waals surface area (Å²) in [5.74, 6) is -1.42. The standard InChI is InChI=1S/C13H18O5S/c1-4-17-13(9-19(14,15)16)12(2,3)10-7-5-6-8-11(10)18-13/h5-8H,4,9H2,1-3H3,(H,14,15,16). The molecule has 0 saturated carbocycles. The third-order valence-electron chi connectivity index (χ3n) is 3.54. The summed E-state index contributed by atoms with van der Waals surface area (Å²) in [4.78, 5) is 0. The van der Waals surface area contributed by atoms with Crippen molar-refractivity contribution < 1.29 is 22.4 Å². The molecule has 6 heteroatoms. The van der Waals surface area contributed by atoms with Crippen LogP contribution >= 0.6 is 0 Å². The van der Waals surface area contributed by atoms with Gasteiger partial charge >= 0.3 is 0 Å². The molecule has 0 radical (unpaired) electrons. The van der Waals surface area contributed by atoms with Gasteiger partial charge in [0.05, 0.1) is 5.41 Å². The molecule has 1 atom stereocenters. The smallest absolute Gasteiger partial charge is 0.271 e. The van der Waals surface area contributed by atoms with E-state index < -0.39 is 27.1 Å². The van der Waals surface area contributed by atoms with Gasteiger partial charge in [-0.1, -0.05) is 18.2 Å². The van der Waals surface area contributed by atoms with Gasteiger partial charge in [-0.25, -0.2) is 0 Å². The van der Waals surface area contributed by atoms with E-state index >= 15 is 0 Å². The van der Waals surface area contributed by atoms with Gasteiger partial charge in [0.1, 0.15) is 11.5 Å². The van der Waals surface area contributed by atoms with Crippen molar-refractivity contribution in [2.45, 2.75) is 32.0 Å². The number of rotatable bonds is 4. The maximum atomic E-state index is 11.3. The zero-order valence-electron chi connectivity index (χ0n) is 11.2. The highest BCUT2D eigenvalue weighted by Crippen LogP contribution is 2.50. The van der Waals surface area contributed by atoms with E-state index in [-0.39, 0.29) is 6.61 Å². The molecule has 1 aliphatic heterocycles. The molecule has 1 aromatic rings. The van der Waals surface area contributed by atoms with Gasteiger partial charge in [-0.15, -0.1) is 0 Å². The minimum absolute atomic E-state index is 0.285. The van der Waals surface area contributed by atoms with Crippen LogP contribution in [0.2, 0.25) is 0 Å². The second kappa shape index (κ2) is 4.47. The van der Waals surface area contributed by atoms with E-state index in [1.165, 1.54) is 0 Å². The lowest BCUT2D eigenvalue weighted by Crippen LogP contribution is -2.55. The molecular formula is C13H18O5S. The van der Waals surface area contributed by atoms with E-state index in [1.807, 2.05) is 32.0 Å². The topological polar surface area (TPSA) is 72.8 Å². The molecule has 5 nitrogen and oxygen atoms in total. The maximum absolute atomic E-state index is 11.3. The largest absolute Gasteiger partial charge is 0.460 e. The van der Waals surface area contributed by atoms with Crippen molar-refractivity contribution in [1.82, 2.24) is 0 Å². The number of para-hydroxylation sites is 1. The summed E-state index contributed by atoms with van der Waals surface area (Å²) in [6, 6.07) is 7.31. The zero-order valence-corrected chi connectivity index (χ0v) is 12.0. The van der Waals surface area contributed by atoms with Crippen LogP contribution in [0.15, 0.2) is 24.3 Å². The minimum Gasteiger partial charge on any atom is -0.460 e. The molecule has 0 amide bonds. The van der Waals surface area contributed by atoms with Gasteiger partial charge in [0.2, 0.25) is 5.79 Å². The number of fused-ring (bicyclic) bond motifs is 1. The van der Waals surface area contributed by atoms with E-state index in [1.54, 1.807) is 13.0 Å². The molecule has 1 unspecified atom stereocenters. The van der Waals surface area contributed by atoms with Crippen LogP contribution in [0, 0.1) is 0 Å². The van der Waals surface area contributed by atoms with Crippen LogP contribution in [0.3, 0.4) is 0 Å². The Bertz CT molecular complexity index is 578. The molecule has 2 rings (SSSR count). The molecule has 0 fully saturated rings. The highest BCUT2D eigenvalue weighted by atomic mass is 32.2. The van der Waals surface area contributed by atoms with Crippen molar-refractivity contribution in [2.75, 3.05) is 12.4 Å². The molecule has 0 spiro atoms. The van der Waals surface area contributed by atoms with Crippen molar-refractivity contribution in [3.8, 4) is 5.75 Å². The van der Waals surface area contributed by atoms with Crippen molar-refractivity contribution in [3.63, 3.8) is 0 Å². The number of hydrogen-bond acceptors (Lipinski definition) is 4. The van der Waals surface area contributed by atoms with Gasteiger partial charge in [0, 0.05) is 12.2 Å². The van der Waals surface area contributed by atoms with Gasteiger partial charge in [0.25, 0.3) is 10.1 Å². The number of ether oxygens (including phenoxy) is 2. The number of hydrogen-bond donors (Lipinski definition) is 1. The third kappa shape index (κ3) is 2.35. The van der Waals surface area contributed by atoms with Crippen LogP contribution in [-0.2, 0) is 20.3 Å². The summed E-state index contributed by atoms with van der Waals surface area (Å²) in [7, 11) is -4.23. The zero-order chi connectivity index (χ0) is 14.3. The lowest BCUT2D eigenvalue weighted by Gasteiger charge is -2.38. The summed E-state index contributed by atoms with van der Waals surface area (Å²) in [6.07, 6.45) is 0. The van der Waals surface area contributed by atoms with Gasteiger partial charge in [-0.05, 0) is 26.8 Å². The minimum atomic E-state index is -4.23. The Morgan fingerprint density at radius 1 is 1.32 bits per heavy atom. The van der Waals surface area contributed by atoms with Crippen molar-refractivity contribution in [3.05, 3.63) is 29.8 Å². The van der Waals surface area contributed by atoms with E-state index in [9.17, 15) is 13.0 Å². The highest BCUT2D eigenvalue weighted by molar-refractivity contribution is 7.85. The molecule has 1 aliphatic rings. The first-order valence-corrected chi connectivity index (χ1v) is 7.70. The predicted octanol–water partition coefficient (Wildman–Crippen LogP) is 1.98. The van der Waals surface area contributed by atoms with Gasteiger partial charge in [-0.3, -0.25) is 4.55 Å². The Hall–Kier alpha value is -1.11. The van der Waals surface area contributed by atoms with Crippen molar-refractivity contribution >= 4 is 10.1 Å². The molecule has 0 saturated heterocycles. The SMILES string of the molecule is CCOC1(CS(=O)(=O)O)Oc2ccccc2C1(C)C. The molecule has 19 heavy (non-hydrogen) atoms. The van der Waals surface area contributed by atoms with Crippen LogP contribution < -0.4 is 4.74 Å². The Morgan fingerprint density at radius 2 is 1.95 bits per heavy atom. The average Bonchev–Trinajstić information content (AvgIpc) is 2.46. The van der Waals surface area contributed by atoms with Gasteiger partial charge in [-0.2, -0.15) is 8.42 Å². The molecule has 1 aromatic carbocycles. The summed E-state index contributed by atoms with van der Waals surface area (Å²) < 4.78 is 43.2. The number of benzene rings is 1. The van der Waals surface area contributed by atoms with E-state index in [0.29, 0.717) is 5.75 Å². The molecule has 0 aliphatic carbocycles. The lowest BCUT2D eigenvalue weighted by atomic mass is 9.79. The van der Waals surface area contributed by atoms with Crippen LogP contribution in [0.5, 0.6) is 5.75 Å². The molecule has 1 N–H and O–H groups in total. The van der Waals surface area contributed by atoms with Crippen LogP contribution in [0.1, 0.15) is 26.3 Å². The summed E-state index contributed by atoms with van der Waals surface area (Å²) >= 11 is 0. The summed E-state index contributed by atoms with van der Waals surface area (Å²) in [5.41, 5.74) is 0.183. The van der Waals surface area contributed by atoms with Crippen LogP contribution in [-0.4, -0.2) is 31.1 Å². The fourth-order valence-electron chi connectivity index (χ4n) is 2.52. The Labute approximate surface area is 113 Å². The fourth-order valence-corrected chi connectivity index (χ4v) is 3.50. The Morgan fingerprint density at radius 3 is 2.47 bits per heavy atom. The van der Waals surface area contributed by atoms with Crippen molar-refractivity contribution in [1.29, 1.82) is 0 Å². The molecule has 106 valence electrons. The molecule has 1 heterocycles. The normalized spacial score (nSPS) is 24.8. The van der Waals surface area contributed by atoms with E-state index in [2.05, 4.69) is 0 Å². The molecule has 0 bridgehead atoms. The second-order valence-electron chi connectivity index (χ2n) is 5.14. The second-order valence-corrected chi connectivity index (χ2v) is 6.59. The Balaban J connectivity index is 2.53. The predicted molar refractivity (Wildman–Crippen MR) is 70.9 cm³/mol. The molecular weight excluding hydrogens is 268 g/mol. The fraction of sp³-hybridized carbons (Fsp3) is 0.538. The van der Waals surface area contributed by atoms with Gasteiger partial charge in [0.15, 0.2) is 0 Å². The first kappa shape index (κ1) is 14.3. The van der Waals surface area contributed by atoms with Gasteiger partial charge < -0.3 is 9.47 Å². The average molecular weight is 286 g/mol. The first-order chi connectivity index (χ1) is 8.72. The Kier molecular flexibility index (Phi) is 3.36. The highest BCUT2D eigenvalue weighted by Gasteiger charge is 2.57. The first-order valence-electron chi connectivity index (χ1n) is 6.09. The third-order valence-corrected chi connectivity index (χ3v) is 4.28. The maximum Gasteiger partial charge on any atom is 0.271 e. The van der Waals surface area contributed by atoms with Crippen LogP contribution in [0.4, 0.5) is 0 Å². The summed E-state index contributed by atoms with van der Waals surface area (Å²) in [6.45, 7) is 5.74. The molecule has 0 aromatic heterocycles. The monoisotopic (exact) mass is 286 g/mol. The summed E-state index contributed by atoms with van der Waals surface area (Å²) in [5, 5.41) is 0. The quantitative estimate of drug-likeness (QED) is 0.857. The van der Waals surface area contributed by atoms with E-state index in [0.717, 1.165) is 5.56 Å². The van der Waals surface area contributed by atoms with Crippen molar-refractivity contribution in [2.24, 2.45) is 0 Å².